The first-order chi connectivity index (χ1) is 10.1. The van der Waals surface area contributed by atoms with Crippen molar-refractivity contribution in [1.29, 1.82) is 5.26 Å². The highest BCUT2D eigenvalue weighted by Crippen LogP contribution is 2.20. The van der Waals surface area contributed by atoms with E-state index in [4.69, 9.17) is 5.26 Å². The van der Waals surface area contributed by atoms with Gasteiger partial charge < -0.3 is 9.47 Å². The van der Waals surface area contributed by atoms with Crippen molar-refractivity contribution < 1.29 is 0 Å². The van der Waals surface area contributed by atoms with E-state index in [0.717, 1.165) is 44.5 Å². The van der Waals surface area contributed by atoms with Crippen molar-refractivity contribution in [3.8, 4) is 6.07 Å². The van der Waals surface area contributed by atoms with Crippen LogP contribution in [0.3, 0.4) is 0 Å². The summed E-state index contributed by atoms with van der Waals surface area (Å²) in [6.45, 7) is 7.01. The monoisotopic (exact) mass is 287 g/mol. The minimum atomic E-state index is 0.165. The van der Waals surface area contributed by atoms with Crippen molar-refractivity contribution >= 4 is 0 Å². The van der Waals surface area contributed by atoms with E-state index >= 15 is 0 Å². The van der Waals surface area contributed by atoms with Gasteiger partial charge in [-0.05, 0) is 37.8 Å². The molecule has 21 heavy (non-hydrogen) atoms. The maximum Gasteiger partial charge on any atom is 0.254 e. The first kappa shape index (κ1) is 15.8. The lowest BCUT2D eigenvalue weighted by molar-refractivity contribution is 0.178. The summed E-state index contributed by atoms with van der Waals surface area (Å²) < 4.78 is 1.91. The molecule has 1 aliphatic heterocycles. The number of nitrogens with zero attached hydrogens (tertiary/aromatic N) is 3. The second-order valence-corrected chi connectivity index (χ2v) is 6.35. The van der Waals surface area contributed by atoms with Crippen molar-refractivity contribution in [2.24, 2.45) is 5.92 Å². The Morgan fingerprint density at radius 1 is 1.48 bits per heavy atom. The van der Waals surface area contributed by atoms with Crippen molar-refractivity contribution in [3.05, 3.63) is 34.2 Å². The molecule has 1 saturated heterocycles. The molecule has 2 heterocycles. The molecule has 2 rings (SSSR count). The molecule has 0 bridgehead atoms. The molecule has 0 amide bonds. The van der Waals surface area contributed by atoms with Crippen LogP contribution in [0.15, 0.2) is 23.1 Å². The zero-order valence-electron chi connectivity index (χ0n) is 13.1. The Balaban J connectivity index is 2.14. The van der Waals surface area contributed by atoms with Crippen LogP contribution in [0.2, 0.25) is 0 Å². The smallest absolute Gasteiger partial charge is 0.254 e. The molecule has 0 unspecified atom stereocenters. The van der Waals surface area contributed by atoms with Gasteiger partial charge in [0.2, 0.25) is 0 Å². The molecule has 0 aliphatic carbocycles. The van der Waals surface area contributed by atoms with Crippen LogP contribution in [0.4, 0.5) is 0 Å². The molecule has 1 fully saturated rings. The van der Waals surface area contributed by atoms with Crippen LogP contribution in [0.5, 0.6) is 0 Å². The standard InChI is InChI=1S/C17H25N3O/c1-14(2)12-15-6-3-11-20(17(15)21)16-7-4-9-19(13-16)10-5-8-18/h3,6,11,14,16H,4-5,7,9-10,12-13H2,1-2H3/t16-/m1/s1. The average Bonchev–Trinajstić information content (AvgIpc) is 2.47. The number of piperidine rings is 1. The summed E-state index contributed by atoms with van der Waals surface area (Å²) in [5, 5.41) is 8.71. The number of pyridine rings is 1. The second-order valence-electron chi connectivity index (χ2n) is 6.35. The highest BCUT2D eigenvalue weighted by atomic mass is 16.1. The Morgan fingerprint density at radius 3 is 3.00 bits per heavy atom. The van der Waals surface area contributed by atoms with Crippen LogP contribution in [0.1, 0.15) is 44.7 Å². The van der Waals surface area contributed by atoms with Crippen molar-refractivity contribution in [1.82, 2.24) is 9.47 Å². The normalized spacial score (nSPS) is 19.6. The van der Waals surface area contributed by atoms with Crippen LogP contribution in [-0.2, 0) is 6.42 Å². The van der Waals surface area contributed by atoms with Gasteiger partial charge in [-0.3, -0.25) is 4.79 Å². The second kappa shape index (κ2) is 7.42. The Labute approximate surface area is 127 Å². The summed E-state index contributed by atoms with van der Waals surface area (Å²) in [4.78, 5) is 14.9. The van der Waals surface area contributed by atoms with Crippen LogP contribution in [0.25, 0.3) is 0 Å². The average molecular weight is 287 g/mol. The molecular weight excluding hydrogens is 262 g/mol. The summed E-state index contributed by atoms with van der Waals surface area (Å²) >= 11 is 0. The molecule has 0 radical (unpaired) electrons. The van der Waals surface area contributed by atoms with E-state index in [9.17, 15) is 4.79 Å². The first-order valence-corrected chi connectivity index (χ1v) is 7.91. The van der Waals surface area contributed by atoms with Gasteiger partial charge in [0.15, 0.2) is 0 Å². The van der Waals surface area contributed by atoms with Gasteiger partial charge in [-0.15, -0.1) is 0 Å². The van der Waals surface area contributed by atoms with E-state index in [1.54, 1.807) is 0 Å². The number of aromatic nitrogens is 1. The van der Waals surface area contributed by atoms with Gasteiger partial charge in [-0.2, -0.15) is 5.26 Å². The van der Waals surface area contributed by atoms with Gasteiger partial charge in [0.05, 0.1) is 6.07 Å². The van der Waals surface area contributed by atoms with Crippen LogP contribution in [0, 0.1) is 17.2 Å². The highest BCUT2D eigenvalue weighted by Gasteiger charge is 2.22. The van der Waals surface area contributed by atoms with Gasteiger partial charge in [0.25, 0.3) is 5.56 Å². The molecular formula is C17H25N3O. The summed E-state index contributed by atoms with van der Waals surface area (Å²) in [6, 6.07) is 6.40. The molecule has 0 saturated carbocycles. The van der Waals surface area contributed by atoms with E-state index in [2.05, 4.69) is 24.8 Å². The number of nitriles is 1. The van der Waals surface area contributed by atoms with Gasteiger partial charge in [-0.25, -0.2) is 0 Å². The Hall–Kier alpha value is -1.60. The fraction of sp³-hybridized carbons (Fsp3) is 0.647. The Morgan fingerprint density at radius 2 is 2.29 bits per heavy atom. The highest BCUT2D eigenvalue weighted by molar-refractivity contribution is 5.12. The summed E-state index contributed by atoms with van der Waals surface area (Å²) in [7, 11) is 0. The molecule has 0 aromatic carbocycles. The van der Waals surface area contributed by atoms with Crippen LogP contribution in [-0.4, -0.2) is 29.1 Å². The first-order valence-electron chi connectivity index (χ1n) is 7.91. The predicted molar refractivity (Wildman–Crippen MR) is 84.2 cm³/mol. The summed E-state index contributed by atoms with van der Waals surface area (Å²) in [6.07, 6.45) is 5.47. The Bertz CT molecular complexity index is 556. The van der Waals surface area contributed by atoms with Crippen molar-refractivity contribution in [2.75, 3.05) is 19.6 Å². The molecule has 0 spiro atoms. The fourth-order valence-corrected chi connectivity index (χ4v) is 3.11. The number of hydrogen-bond acceptors (Lipinski definition) is 3. The van der Waals surface area contributed by atoms with Crippen molar-refractivity contribution in [2.45, 2.75) is 45.6 Å². The molecule has 4 nitrogen and oxygen atoms in total. The van der Waals surface area contributed by atoms with E-state index < -0.39 is 0 Å². The van der Waals surface area contributed by atoms with Crippen LogP contribution < -0.4 is 5.56 Å². The number of rotatable bonds is 5. The third kappa shape index (κ3) is 4.18. The molecule has 1 atom stereocenters. The fourth-order valence-electron chi connectivity index (χ4n) is 3.11. The van der Waals surface area contributed by atoms with Gasteiger partial charge in [0.1, 0.15) is 0 Å². The minimum Gasteiger partial charge on any atom is -0.311 e. The predicted octanol–water partition coefficient (Wildman–Crippen LogP) is 2.60. The third-order valence-electron chi connectivity index (χ3n) is 4.10. The molecule has 0 N–H and O–H groups in total. The summed E-state index contributed by atoms with van der Waals surface area (Å²) in [5.41, 5.74) is 1.08. The topological polar surface area (TPSA) is 49.0 Å². The van der Waals surface area contributed by atoms with Crippen molar-refractivity contribution in [3.63, 3.8) is 0 Å². The third-order valence-corrected chi connectivity index (χ3v) is 4.10. The molecule has 4 heteroatoms. The van der Waals surface area contributed by atoms with Gasteiger partial charge >= 0.3 is 0 Å². The lowest BCUT2D eigenvalue weighted by atomic mass is 10.0. The van der Waals surface area contributed by atoms with E-state index in [1.807, 2.05) is 22.9 Å². The zero-order chi connectivity index (χ0) is 15.2. The quantitative estimate of drug-likeness (QED) is 0.836. The number of hydrogen-bond donors (Lipinski definition) is 0. The van der Waals surface area contributed by atoms with E-state index in [-0.39, 0.29) is 11.6 Å². The maximum atomic E-state index is 12.6. The minimum absolute atomic E-state index is 0.165. The SMILES string of the molecule is CC(C)Cc1cccn([C@@H]2CCCN(CCC#N)C2)c1=O. The summed E-state index contributed by atoms with van der Waals surface area (Å²) in [5.74, 6) is 0.493. The lowest BCUT2D eigenvalue weighted by Crippen LogP contribution is -2.40. The largest absolute Gasteiger partial charge is 0.311 e. The zero-order valence-corrected chi connectivity index (χ0v) is 13.1. The molecule has 114 valence electrons. The molecule has 1 aromatic heterocycles. The molecule has 1 aliphatic rings. The van der Waals surface area contributed by atoms with Crippen LogP contribution >= 0.6 is 0 Å². The number of likely N-dealkylation sites (tertiary alicyclic amines) is 1. The lowest BCUT2D eigenvalue weighted by Gasteiger charge is -2.33. The molecule has 1 aromatic rings. The van der Waals surface area contributed by atoms with Gasteiger partial charge in [0, 0.05) is 37.3 Å². The van der Waals surface area contributed by atoms with Gasteiger partial charge in [-0.1, -0.05) is 19.9 Å². The van der Waals surface area contributed by atoms with E-state index in [0.29, 0.717) is 12.3 Å². The Kier molecular flexibility index (Phi) is 5.58. The van der Waals surface area contributed by atoms with E-state index in [1.165, 1.54) is 0 Å². The maximum absolute atomic E-state index is 12.6.